The van der Waals surface area contributed by atoms with E-state index < -0.39 is 60.2 Å². The Bertz CT molecular complexity index is 837. The smallest absolute Gasteiger partial charge is 0.326 e. The van der Waals surface area contributed by atoms with E-state index in [1.165, 1.54) is 12.5 Å². The summed E-state index contributed by atoms with van der Waals surface area (Å²) in [6.45, 7) is 0.388. The summed E-state index contributed by atoms with van der Waals surface area (Å²) >= 11 is 4.05. The molecule has 0 saturated carbocycles. The van der Waals surface area contributed by atoms with E-state index in [4.69, 9.17) is 17.2 Å². The maximum Gasteiger partial charge on any atom is 0.326 e. The Labute approximate surface area is 201 Å². The van der Waals surface area contributed by atoms with Crippen LogP contribution in [0.5, 0.6) is 0 Å². The van der Waals surface area contributed by atoms with Crippen molar-refractivity contribution in [2.75, 3.05) is 12.3 Å². The molecule has 1 heterocycles. The molecule has 190 valence electrons. The Morgan fingerprint density at radius 3 is 2.18 bits per heavy atom. The average Bonchev–Trinajstić information content (AvgIpc) is 3.28. The first-order valence-corrected chi connectivity index (χ1v) is 11.2. The molecule has 4 atom stereocenters. The number of imidazole rings is 1. The van der Waals surface area contributed by atoms with E-state index in [2.05, 4.69) is 38.5 Å². The maximum atomic E-state index is 12.9. The molecule has 0 bridgehead atoms. The number of nitrogens with two attached hydrogens (primary N) is 3. The van der Waals surface area contributed by atoms with E-state index in [0.29, 0.717) is 25.1 Å². The molecule has 0 spiro atoms. The number of unbranched alkanes of at least 4 members (excludes halogenated alkanes) is 1. The Hall–Kier alpha value is -3.17. The van der Waals surface area contributed by atoms with Crippen molar-refractivity contribution in [1.29, 1.82) is 0 Å². The molecule has 0 aliphatic heterocycles. The van der Waals surface area contributed by atoms with Crippen molar-refractivity contribution in [2.45, 2.75) is 56.3 Å². The Kier molecular flexibility index (Phi) is 12.6. The summed E-state index contributed by atoms with van der Waals surface area (Å²) < 4.78 is 0. The van der Waals surface area contributed by atoms with Crippen molar-refractivity contribution in [3.05, 3.63) is 18.2 Å². The first-order valence-electron chi connectivity index (χ1n) is 10.5. The number of rotatable bonds is 16. The van der Waals surface area contributed by atoms with E-state index in [-0.39, 0.29) is 18.6 Å². The standard InChI is InChI=1S/C19H32N8O6S/c20-4-2-1-3-12(19(32)33)25-17(30)13(5-10-7-23-9-24-10)26-18(31)14(8-34)27-16(29)11(21)6-15(22)28/h7,9,11-14,34H,1-6,8,20-21H2,(H2,22,28)(H,23,24)(H,25,30)(H,26,31)(H,27,29)(H,32,33). The van der Waals surface area contributed by atoms with Gasteiger partial charge in [-0.3, -0.25) is 19.2 Å². The van der Waals surface area contributed by atoms with Gasteiger partial charge in [0.05, 0.1) is 18.8 Å². The molecule has 34 heavy (non-hydrogen) atoms. The van der Waals surface area contributed by atoms with Crippen LogP contribution >= 0.6 is 12.6 Å². The van der Waals surface area contributed by atoms with Crippen LogP contribution in [0, 0.1) is 0 Å². The number of amides is 4. The van der Waals surface area contributed by atoms with Crippen molar-refractivity contribution in [1.82, 2.24) is 25.9 Å². The number of hydrogen-bond acceptors (Lipinski definition) is 9. The summed E-state index contributed by atoms with van der Waals surface area (Å²) in [5, 5.41) is 16.7. The van der Waals surface area contributed by atoms with Gasteiger partial charge in [0.15, 0.2) is 0 Å². The average molecular weight is 501 g/mol. The summed E-state index contributed by atoms with van der Waals surface area (Å²) in [6, 6.07) is -4.82. The molecular formula is C19H32N8O6S. The molecule has 11 N–H and O–H groups in total. The fourth-order valence-corrected chi connectivity index (χ4v) is 3.16. The number of H-pyrrole nitrogens is 1. The topological polar surface area (TPSA) is 248 Å². The van der Waals surface area contributed by atoms with Gasteiger partial charge >= 0.3 is 5.97 Å². The zero-order valence-electron chi connectivity index (χ0n) is 18.5. The summed E-state index contributed by atoms with van der Waals surface area (Å²) in [5.74, 6) is -4.45. The SMILES string of the molecule is NCCCCC(NC(=O)C(Cc1cnc[nH]1)NC(=O)C(CS)NC(=O)C(N)CC(N)=O)C(=O)O. The predicted molar refractivity (Wildman–Crippen MR) is 124 cm³/mol. The molecule has 0 aromatic carbocycles. The minimum absolute atomic E-state index is 0.0266. The molecule has 0 aliphatic carbocycles. The quantitative estimate of drug-likeness (QED) is 0.0815. The number of nitrogens with zero attached hydrogens (tertiary/aromatic N) is 1. The molecule has 4 amide bonds. The van der Waals surface area contributed by atoms with Gasteiger partial charge in [-0.05, 0) is 25.8 Å². The van der Waals surface area contributed by atoms with Crippen molar-refractivity contribution in [3.63, 3.8) is 0 Å². The molecule has 0 aliphatic rings. The minimum Gasteiger partial charge on any atom is -0.480 e. The molecule has 1 aromatic rings. The van der Waals surface area contributed by atoms with Gasteiger partial charge in [0.25, 0.3) is 0 Å². The van der Waals surface area contributed by atoms with Crippen LogP contribution in [0.15, 0.2) is 12.5 Å². The largest absolute Gasteiger partial charge is 0.480 e. The van der Waals surface area contributed by atoms with Crippen LogP contribution in [0.2, 0.25) is 0 Å². The lowest BCUT2D eigenvalue weighted by atomic mass is 10.1. The lowest BCUT2D eigenvalue weighted by Gasteiger charge is -2.24. The number of hydrogen-bond donors (Lipinski definition) is 9. The Morgan fingerprint density at radius 2 is 1.65 bits per heavy atom. The second-order valence-electron chi connectivity index (χ2n) is 7.55. The van der Waals surface area contributed by atoms with Gasteiger partial charge in [0.2, 0.25) is 23.6 Å². The number of carboxylic acid groups (broad SMARTS) is 1. The number of aromatic amines is 1. The molecule has 0 fully saturated rings. The van der Waals surface area contributed by atoms with Crippen LogP contribution in [-0.2, 0) is 30.4 Å². The van der Waals surface area contributed by atoms with Crippen LogP contribution in [0.1, 0.15) is 31.4 Å². The van der Waals surface area contributed by atoms with E-state index >= 15 is 0 Å². The van der Waals surface area contributed by atoms with E-state index in [1.54, 1.807) is 0 Å². The van der Waals surface area contributed by atoms with Crippen LogP contribution in [0.3, 0.4) is 0 Å². The van der Waals surface area contributed by atoms with Crippen molar-refractivity contribution in [2.24, 2.45) is 17.2 Å². The lowest BCUT2D eigenvalue weighted by molar-refractivity contribution is -0.142. The van der Waals surface area contributed by atoms with E-state index in [1.807, 2.05) is 0 Å². The second kappa shape index (κ2) is 14.9. The zero-order valence-corrected chi connectivity index (χ0v) is 19.4. The van der Waals surface area contributed by atoms with Gasteiger partial charge < -0.3 is 43.2 Å². The fourth-order valence-electron chi connectivity index (χ4n) is 2.90. The number of thiol groups is 1. The summed E-state index contributed by atoms with van der Waals surface area (Å²) in [4.78, 5) is 67.0. The molecule has 1 aromatic heterocycles. The molecule has 4 unspecified atom stereocenters. The molecule has 15 heteroatoms. The number of primary amides is 1. The number of aromatic nitrogens is 2. The summed E-state index contributed by atoms with van der Waals surface area (Å²) in [6.07, 6.45) is 3.63. The van der Waals surface area contributed by atoms with Gasteiger partial charge in [0.1, 0.15) is 18.1 Å². The van der Waals surface area contributed by atoms with Gasteiger partial charge in [-0.2, -0.15) is 12.6 Å². The minimum atomic E-state index is -1.26. The van der Waals surface area contributed by atoms with Crippen LogP contribution in [0.25, 0.3) is 0 Å². The molecule has 0 saturated heterocycles. The van der Waals surface area contributed by atoms with Gasteiger partial charge in [-0.15, -0.1) is 0 Å². The van der Waals surface area contributed by atoms with Crippen LogP contribution in [0.4, 0.5) is 0 Å². The van der Waals surface area contributed by atoms with E-state index in [9.17, 15) is 29.1 Å². The number of aliphatic carboxylic acids is 1. The van der Waals surface area contributed by atoms with Gasteiger partial charge in [-0.1, -0.05) is 0 Å². The maximum absolute atomic E-state index is 12.9. The zero-order chi connectivity index (χ0) is 25.7. The van der Waals surface area contributed by atoms with Crippen molar-refractivity contribution in [3.8, 4) is 0 Å². The first-order chi connectivity index (χ1) is 16.1. The monoisotopic (exact) mass is 500 g/mol. The normalized spacial score (nSPS) is 14.3. The third-order valence-electron chi connectivity index (χ3n) is 4.75. The Morgan fingerprint density at radius 1 is 1.03 bits per heavy atom. The number of nitrogens with one attached hydrogen (secondary N) is 4. The third kappa shape index (κ3) is 10.2. The molecular weight excluding hydrogens is 468 g/mol. The van der Waals surface area contributed by atoms with Gasteiger partial charge in [0, 0.05) is 24.1 Å². The highest BCUT2D eigenvalue weighted by atomic mass is 32.1. The first kappa shape index (κ1) is 28.9. The molecule has 0 radical (unpaired) electrons. The fraction of sp³-hybridized carbons (Fsp3) is 0.579. The van der Waals surface area contributed by atoms with Crippen LogP contribution in [-0.4, -0.2) is 81.1 Å². The van der Waals surface area contributed by atoms with E-state index in [0.717, 1.165) is 0 Å². The highest BCUT2D eigenvalue weighted by Crippen LogP contribution is 2.05. The summed E-state index contributed by atoms with van der Waals surface area (Å²) in [7, 11) is 0. The highest BCUT2D eigenvalue weighted by Gasteiger charge is 2.30. The van der Waals surface area contributed by atoms with Crippen LogP contribution < -0.4 is 33.2 Å². The molecule has 14 nitrogen and oxygen atoms in total. The third-order valence-corrected chi connectivity index (χ3v) is 5.11. The van der Waals surface area contributed by atoms with Crippen molar-refractivity contribution >= 4 is 42.2 Å². The number of carbonyl (C=O) groups is 5. The molecule has 1 rings (SSSR count). The number of carboxylic acids is 1. The van der Waals surface area contributed by atoms with Gasteiger partial charge in [-0.25, -0.2) is 9.78 Å². The number of carbonyl (C=O) groups excluding carboxylic acids is 4. The second-order valence-corrected chi connectivity index (χ2v) is 7.91. The summed E-state index contributed by atoms with van der Waals surface area (Å²) in [5.41, 5.74) is 16.5. The van der Waals surface area contributed by atoms with Crippen molar-refractivity contribution < 1.29 is 29.1 Å². The highest BCUT2D eigenvalue weighted by molar-refractivity contribution is 7.80. The lowest BCUT2D eigenvalue weighted by Crippen LogP contribution is -2.58. The Balaban J connectivity index is 2.92. The predicted octanol–water partition coefficient (Wildman–Crippen LogP) is -3.25.